The summed E-state index contributed by atoms with van der Waals surface area (Å²) in [4.78, 5) is 0. The molecule has 0 nitrogen and oxygen atoms in total. The largest absolute Gasteiger partial charge is 0.0602 e. The number of rotatable bonds is 3. The second-order valence-corrected chi connectivity index (χ2v) is 6.20. The lowest BCUT2D eigenvalue weighted by atomic mass is 9.89. The molecule has 0 saturated heterocycles. The standard InChI is InChI=1S/C12H22/c1-12(2,3)8-11-7-10(11)6-9-4-5-9/h9-11H,4-8H2,1-3H3. The van der Waals surface area contributed by atoms with Crippen molar-refractivity contribution in [2.75, 3.05) is 0 Å². The third-order valence-electron chi connectivity index (χ3n) is 3.28. The lowest BCUT2D eigenvalue weighted by molar-refractivity contribution is 0.340. The lowest BCUT2D eigenvalue weighted by Crippen LogP contribution is -2.06. The molecule has 0 heteroatoms. The molecule has 0 aromatic carbocycles. The Morgan fingerprint density at radius 2 is 1.75 bits per heavy atom. The molecule has 2 atom stereocenters. The van der Waals surface area contributed by atoms with Crippen molar-refractivity contribution in [1.29, 1.82) is 0 Å². The Hall–Kier alpha value is 0. The van der Waals surface area contributed by atoms with Gasteiger partial charge in [-0.15, -0.1) is 0 Å². The van der Waals surface area contributed by atoms with Gasteiger partial charge in [0.15, 0.2) is 0 Å². The Morgan fingerprint density at radius 3 is 2.25 bits per heavy atom. The van der Waals surface area contributed by atoms with E-state index in [1.807, 2.05) is 0 Å². The Labute approximate surface area is 76.7 Å². The first-order valence-electron chi connectivity index (χ1n) is 5.54. The molecule has 0 aromatic heterocycles. The lowest BCUT2D eigenvalue weighted by Gasteiger charge is -2.17. The van der Waals surface area contributed by atoms with Crippen LogP contribution in [0.5, 0.6) is 0 Å². The highest BCUT2D eigenvalue weighted by Gasteiger charge is 2.41. The van der Waals surface area contributed by atoms with Gasteiger partial charge in [-0.25, -0.2) is 0 Å². The van der Waals surface area contributed by atoms with E-state index in [4.69, 9.17) is 0 Å². The molecule has 0 radical (unpaired) electrons. The highest BCUT2D eigenvalue weighted by molar-refractivity contribution is 4.92. The SMILES string of the molecule is CC(C)(C)CC1CC1CC1CC1. The molecule has 0 amide bonds. The van der Waals surface area contributed by atoms with E-state index in [0.29, 0.717) is 5.41 Å². The molecule has 0 aliphatic heterocycles. The van der Waals surface area contributed by atoms with E-state index >= 15 is 0 Å². The van der Waals surface area contributed by atoms with Crippen LogP contribution in [-0.4, -0.2) is 0 Å². The Kier molecular flexibility index (Phi) is 1.97. The van der Waals surface area contributed by atoms with E-state index in [2.05, 4.69) is 20.8 Å². The molecule has 2 fully saturated rings. The van der Waals surface area contributed by atoms with Crippen molar-refractivity contribution >= 4 is 0 Å². The topological polar surface area (TPSA) is 0 Å². The Bertz CT molecular complexity index is 159. The fraction of sp³-hybridized carbons (Fsp3) is 1.00. The van der Waals surface area contributed by atoms with E-state index in [0.717, 1.165) is 17.8 Å². The zero-order valence-corrected chi connectivity index (χ0v) is 8.77. The van der Waals surface area contributed by atoms with Crippen molar-refractivity contribution in [3.8, 4) is 0 Å². The van der Waals surface area contributed by atoms with Gasteiger partial charge in [-0.3, -0.25) is 0 Å². The van der Waals surface area contributed by atoms with Crippen LogP contribution in [0.1, 0.15) is 52.9 Å². The minimum atomic E-state index is 0.572. The van der Waals surface area contributed by atoms with Gasteiger partial charge >= 0.3 is 0 Å². The second kappa shape index (κ2) is 2.75. The van der Waals surface area contributed by atoms with Gasteiger partial charge in [0.05, 0.1) is 0 Å². The molecular formula is C12H22. The van der Waals surface area contributed by atoms with Crippen molar-refractivity contribution in [3.05, 3.63) is 0 Å². The Morgan fingerprint density at radius 1 is 1.08 bits per heavy atom. The van der Waals surface area contributed by atoms with Crippen LogP contribution in [0.4, 0.5) is 0 Å². The van der Waals surface area contributed by atoms with E-state index in [1.54, 1.807) is 25.7 Å². The first kappa shape index (κ1) is 8.59. The molecular weight excluding hydrogens is 144 g/mol. The summed E-state index contributed by atoms with van der Waals surface area (Å²) in [5.41, 5.74) is 0.572. The summed E-state index contributed by atoms with van der Waals surface area (Å²) in [5, 5.41) is 0. The summed E-state index contributed by atoms with van der Waals surface area (Å²) >= 11 is 0. The predicted octanol–water partition coefficient (Wildman–Crippen LogP) is 3.86. The van der Waals surface area contributed by atoms with E-state index in [-0.39, 0.29) is 0 Å². The molecule has 12 heavy (non-hydrogen) atoms. The molecule has 70 valence electrons. The van der Waals surface area contributed by atoms with Crippen LogP contribution in [0.15, 0.2) is 0 Å². The average Bonchev–Trinajstić information content (AvgIpc) is 2.70. The maximum atomic E-state index is 2.37. The minimum Gasteiger partial charge on any atom is -0.0602 e. The fourth-order valence-electron chi connectivity index (χ4n) is 2.42. The van der Waals surface area contributed by atoms with Gasteiger partial charge < -0.3 is 0 Å². The van der Waals surface area contributed by atoms with Gasteiger partial charge in [0.2, 0.25) is 0 Å². The maximum Gasteiger partial charge on any atom is -0.0378 e. The molecule has 2 saturated carbocycles. The van der Waals surface area contributed by atoms with Crippen molar-refractivity contribution in [3.63, 3.8) is 0 Å². The normalized spacial score (nSPS) is 35.2. The number of hydrogen-bond donors (Lipinski definition) is 0. The van der Waals surface area contributed by atoms with Crippen LogP contribution in [0.2, 0.25) is 0 Å². The highest BCUT2D eigenvalue weighted by atomic mass is 14.5. The molecule has 0 spiro atoms. The fourth-order valence-corrected chi connectivity index (χ4v) is 2.42. The summed E-state index contributed by atoms with van der Waals surface area (Å²) in [7, 11) is 0. The average molecular weight is 166 g/mol. The van der Waals surface area contributed by atoms with Gasteiger partial charge in [-0.05, 0) is 42.4 Å². The van der Waals surface area contributed by atoms with Crippen molar-refractivity contribution < 1.29 is 0 Å². The molecule has 2 aliphatic carbocycles. The van der Waals surface area contributed by atoms with Crippen LogP contribution < -0.4 is 0 Å². The third-order valence-corrected chi connectivity index (χ3v) is 3.28. The van der Waals surface area contributed by atoms with E-state index in [9.17, 15) is 0 Å². The van der Waals surface area contributed by atoms with Crippen LogP contribution in [0.3, 0.4) is 0 Å². The van der Waals surface area contributed by atoms with Gasteiger partial charge in [-0.1, -0.05) is 33.6 Å². The second-order valence-electron chi connectivity index (χ2n) is 6.20. The molecule has 0 aromatic rings. The van der Waals surface area contributed by atoms with Gasteiger partial charge in [0.25, 0.3) is 0 Å². The molecule has 2 unspecified atom stereocenters. The molecule has 0 bridgehead atoms. The smallest absolute Gasteiger partial charge is 0.0378 e. The quantitative estimate of drug-likeness (QED) is 0.597. The molecule has 2 aliphatic rings. The summed E-state index contributed by atoms with van der Waals surface area (Å²) in [5.74, 6) is 3.39. The summed E-state index contributed by atoms with van der Waals surface area (Å²) in [6.45, 7) is 7.12. The van der Waals surface area contributed by atoms with Crippen LogP contribution in [-0.2, 0) is 0 Å². The predicted molar refractivity (Wildman–Crippen MR) is 53.0 cm³/mol. The Balaban J connectivity index is 1.66. The van der Waals surface area contributed by atoms with Crippen molar-refractivity contribution in [1.82, 2.24) is 0 Å². The zero-order chi connectivity index (χ0) is 8.77. The monoisotopic (exact) mass is 166 g/mol. The van der Waals surface area contributed by atoms with E-state index in [1.165, 1.54) is 6.42 Å². The zero-order valence-electron chi connectivity index (χ0n) is 8.77. The maximum absolute atomic E-state index is 2.37. The van der Waals surface area contributed by atoms with Crippen LogP contribution in [0.25, 0.3) is 0 Å². The molecule has 0 heterocycles. The molecule has 0 N–H and O–H groups in total. The van der Waals surface area contributed by atoms with Crippen LogP contribution in [0, 0.1) is 23.2 Å². The number of hydrogen-bond acceptors (Lipinski definition) is 0. The molecule has 2 rings (SSSR count). The van der Waals surface area contributed by atoms with Crippen LogP contribution >= 0.6 is 0 Å². The first-order chi connectivity index (χ1) is 5.54. The highest BCUT2D eigenvalue weighted by Crippen LogP contribution is 2.52. The third kappa shape index (κ3) is 2.50. The van der Waals surface area contributed by atoms with Gasteiger partial charge in [0.1, 0.15) is 0 Å². The van der Waals surface area contributed by atoms with Crippen molar-refractivity contribution in [2.45, 2.75) is 52.9 Å². The summed E-state index contributed by atoms with van der Waals surface area (Å²) in [6, 6.07) is 0. The summed E-state index contributed by atoms with van der Waals surface area (Å²) < 4.78 is 0. The summed E-state index contributed by atoms with van der Waals surface area (Å²) in [6.07, 6.45) is 7.66. The minimum absolute atomic E-state index is 0.572. The van der Waals surface area contributed by atoms with E-state index < -0.39 is 0 Å². The van der Waals surface area contributed by atoms with Crippen molar-refractivity contribution in [2.24, 2.45) is 23.2 Å². The first-order valence-corrected chi connectivity index (χ1v) is 5.54. The van der Waals surface area contributed by atoms with Gasteiger partial charge in [-0.2, -0.15) is 0 Å². The van der Waals surface area contributed by atoms with Gasteiger partial charge in [0, 0.05) is 0 Å².